The number of nitrogens with zero attached hydrogens (tertiary/aromatic N) is 3. The monoisotopic (exact) mass is 295 g/mol. The van der Waals surface area contributed by atoms with Crippen molar-refractivity contribution in [1.29, 1.82) is 0 Å². The second kappa shape index (κ2) is 6.09. The molecule has 0 bridgehead atoms. The average Bonchev–Trinajstić information content (AvgIpc) is 3.02. The molecule has 6 heteroatoms. The Balaban J connectivity index is 1.88. The minimum Gasteiger partial charge on any atom is -0.391 e. The molecule has 3 rings (SSSR count). The quantitative estimate of drug-likeness (QED) is 0.535. The van der Waals surface area contributed by atoms with Crippen molar-refractivity contribution >= 4 is 5.69 Å². The number of nitro benzene ring substituents is 1. The predicted octanol–water partition coefficient (Wildman–Crippen LogP) is 3.09. The van der Waals surface area contributed by atoms with Crippen LogP contribution in [0.4, 0.5) is 5.69 Å². The highest BCUT2D eigenvalue weighted by Crippen LogP contribution is 2.28. The van der Waals surface area contributed by atoms with Gasteiger partial charge in [0.2, 0.25) is 0 Å². The lowest BCUT2D eigenvalue weighted by Crippen LogP contribution is -2.14. The fourth-order valence-electron chi connectivity index (χ4n) is 2.15. The highest BCUT2D eigenvalue weighted by atomic mass is 16.7. The summed E-state index contributed by atoms with van der Waals surface area (Å²) in [7, 11) is 0. The van der Waals surface area contributed by atoms with Gasteiger partial charge in [0, 0.05) is 6.07 Å². The minimum absolute atomic E-state index is 0.0209. The van der Waals surface area contributed by atoms with Gasteiger partial charge in [-0.1, -0.05) is 47.3 Å². The zero-order valence-electron chi connectivity index (χ0n) is 11.6. The highest BCUT2D eigenvalue weighted by Gasteiger charge is 2.18. The zero-order chi connectivity index (χ0) is 15.4. The Morgan fingerprint density at radius 1 is 1.05 bits per heavy atom. The van der Waals surface area contributed by atoms with Crippen LogP contribution in [0.25, 0.3) is 11.3 Å². The number of hydrogen-bond donors (Lipinski definition) is 0. The van der Waals surface area contributed by atoms with E-state index < -0.39 is 4.92 Å². The third-order valence-corrected chi connectivity index (χ3v) is 3.18. The van der Waals surface area contributed by atoms with Gasteiger partial charge in [-0.2, -0.15) is 0 Å². The molecule has 0 spiro atoms. The van der Waals surface area contributed by atoms with Gasteiger partial charge in [-0.25, -0.2) is 0 Å². The fourth-order valence-corrected chi connectivity index (χ4v) is 2.15. The molecule has 110 valence electrons. The van der Waals surface area contributed by atoms with Gasteiger partial charge in [0.15, 0.2) is 0 Å². The smallest absolute Gasteiger partial charge is 0.278 e. The number of rotatable bonds is 5. The van der Waals surface area contributed by atoms with Crippen LogP contribution in [0.5, 0.6) is 0 Å². The van der Waals surface area contributed by atoms with E-state index in [-0.39, 0.29) is 5.69 Å². The van der Waals surface area contributed by atoms with E-state index in [2.05, 4.69) is 5.10 Å². The molecule has 2 aromatic carbocycles. The molecule has 0 saturated heterocycles. The van der Waals surface area contributed by atoms with E-state index in [9.17, 15) is 10.1 Å². The number of para-hydroxylation sites is 1. The van der Waals surface area contributed by atoms with Crippen molar-refractivity contribution in [3.8, 4) is 11.3 Å². The van der Waals surface area contributed by atoms with Crippen molar-refractivity contribution in [1.82, 2.24) is 9.94 Å². The largest absolute Gasteiger partial charge is 0.391 e. The lowest BCUT2D eigenvalue weighted by molar-refractivity contribution is -0.384. The van der Waals surface area contributed by atoms with E-state index >= 15 is 0 Å². The molecule has 1 heterocycles. The van der Waals surface area contributed by atoms with Crippen LogP contribution in [0, 0.1) is 10.1 Å². The van der Waals surface area contributed by atoms with Crippen LogP contribution in [0.2, 0.25) is 0 Å². The predicted molar refractivity (Wildman–Crippen MR) is 81.0 cm³/mol. The summed E-state index contributed by atoms with van der Waals surface area (Å²) >= 11 is 0. The van der Waals surface area contributed by atoms with Gasteiger partial charge in [0.25, 0.3) is 5.69 Å². The van der Waals surface area contributed by atoms with Gasteiger partial charge in [-0.15, -0.1) is 5.10 Å². The molecule has 6 nitrogen and oxygen atoms in total. The van der Waals surface area contributed by atoms with Crippen LogP contribution in [-0.4, -0.2) is 14.9 Å². The Kier molecular flexibility index (Phi) is 3.82. The normalized spacial score (nSPS) is 10.4. The maximum Gasteiger partial charge on any atom is 0.278 e. The van der Waals surface area contributed by atoms with Gasteiger partial charge in [-0.3, -0.25) is 10.1 Å². The van der Waals surface area contributed by atoms with Gasteiger partial charge < -0.3 is 4.84 Å². The summed E-state index contributed by atoms with van der Waals surface area (Å²) in [6.45, 7) is 0.330. The van der Waals surface area contributed by atoms with Crippen LogP contribution in [0.3, 0.4) is 0 Å². The van der Waals surface area contributed by atoms with E-state index in [1.54, 1.807) is 30.5 Å². The summed E-state index contributed by atoms with van der Waals surface area (Å²) < 4.78 is 0. The summed E-state index contributed by atoms with van der Waals surface area (Å²) in [5.41, 5.74) is 2.03. The van der Waals surface area contributed by atoms with Crippen LogP contribution in [-0.2, 0) is 6.61 Å². The van der Waals surface area contributed by atoms with Crippen molar-refractivity contribution < 1.29 is 9.76 Å². The summed E-state index contributed by atoms with van der Waals surface area (Å²) in [4.78, 5) is 17.7. The first-order valence-electron chi connectivity index (χ1n) is 6.71. The summed E-state index contributed by atoms with van der Waals surface area (Å²) in [6.07, 6.45) is 1.55. The van der Waals surface area contributed by atoms with Crippen LogP contribution in [0.1, 0.15) is 5.56 Å². The van der Waals surface area contributed by atoms with Crippen LogP contribution >= 0.6 is 0 Å². The van der Waals surface area contributed by atoms with E-state index in [1.165, 1.54) is 10.9 Å². The molecule has 0 aliphatic heterocycles. The Bertz CT molecular complexity index is 784. The summed E-state index contributed by atoms with van der Waals surface area (Å²) in [5.74, 6) is 0. The average molecular weight is 295 g/mol. The van der Waals surface area contributed by atoms with Gasteiger partial charge >= 0.3 is 0 Å². The van der Waals surface area contributed by atoms with E-state index in [0.29, 0.717) is 17.9 Å². The van der Waals surface area contributed by atoms with E-state index in [1.807, 2.05) is 30.3 Å². The Morgan fingerprint density at radius 3 is 2.55 bits per heavy atom. The molecule has 22 heavy (non-hydrogen) atoms. The van der Waals surface area contributed by atoms with Gasteiger partial charge in [0.1, 0.15) is 12.3 Å². The Hall–Kier alpha value is -3.15. The summed E-state index contributed by atoms with van der Waals surface area (Å²) in [6, 6.07) is 17.9. The molecular weight excluding hydrogens is 282 g/mol. The maximum absolute atomic E-state index is 11.1. The number of benzene rings is 2. The second-order valence-electron chi connectivity index (χ2n) is 4.62. The van der Waals surface area contributed by atoms with Gasteiger partial charge in [-0.05, 0) is 17.7 Å². The first-order chi connectivity index (χ1) is 10.8. The SMILES string of the molecule is O=[N+]([O-])c1ccccc1-c1ccnn1OCc1ccccc1. The highest BCUT2D eigenvalue weighted by molar-refractivity contribution is 5.70. The van der Waals surface area contributed by atoms with Crippen molar-refractivity contribution in [3.63, 3.8) is 0 Å². The molecule has 0 N–H and O–H groups in total. The molecule has 1 aromatic heterocycles. The lowest BCUT2D eigenvalue weighted by atomic mass is 10.1. The first-order valence-corrected chi connectivity index (χ1v) is 6.71. The number of aromatic nitrogens is 2. The summed E-state index contributed by atoms with van der Waals surface area (Å²) in [5, 5.41) is 15.2. The second-order valence-corrected chi connectivity index (χ2v) is 4.62. The number of hydrogen-bond acceptors (Lipinski definition) is 4. The molecule has 0 unspecified atom stereocenters. The van der Waals surface area contributed by atoms with Crippen molar-refractivity contribution in [2.75, 3.05) is 0 Å². The Morgan fingerprint density at radius 2 is 1.77 bits per heavy atom. The van der Waals surface area contributed by atoms with E-state index in [0.717, 1.165) is 5.56 Å². The fraction of sp³-hybridized carbons (Fsp3) is 0.0625. The number of nitro groups is 1. The zero-order valence-corrected chi connectivity index (χ0v) is 11.6. The molecule has 0 atom stereocenters. The molecule has 3 aromatic rings. The Labute approximate surface area is 126 Å². The first kappa shape index (κ1) is 13.8. The minimum atomic E-state index is -0.413. The standard InChI is InChI=1S/C16H13N3O3/c20-19(21)16-9-5-4-8-14(16)15-10-11-17-18(15)22-12-13-6-2-1-3-7-13/h1-11H,12H2. The molecule has 0 aliphatic rings. The molecule has 0 aliphatic carbocycles. The third-order valence-electron chi connectivity index (χ3n) is 3.18. The molecule has 0 radical (unpaired) electrons. The van der Waals surface area contributed by atoms with Crippen molar-refractivity contribution in [2.24, 2.45) is 0 Å². The van der Waals surface area contributed by atoms with Gasteiger partial charge in [0.05, 0.1) is 16.7 Å². The van der Waals surface area contributed by atoms with Crippen LogP contribution < -0.4 is 4.84 Å². The van der Waals surface area contributed by atoms with Crippen LogP contribution in [0.15, 0.2) is 66.9 Å². The molecule has 0 fully saturated rings. The van der Waals surface area contributed by atoms with Crippen molar-refractivity contribution in [2.45, 2.75) is 6.61 Å². The maximum atomic E-state index is 11.1. The van der Waals surface area contributed by atoms with E-state index in [4.69, 9.17) is 4.84 Å². The third kappa shape index (κ3) is 2.80. The molecule has 0 amide bonds. The van der Waals surface area contributed by atoms with Crippen molar-refractivity contribution in [3.05, 3.63) is 82.5 Å². The lowest BCUT2D eigenvalue weighted by Gasteiger charge is -2.09. The topological polar surface area (TPSA) is 70.2 Å². The molecular formula is C16H13N3O3. The molecule has 0 saturated carbocycles.